The molecular weight excluding hydrogens is 206 g/mol. The summed E-state index contributed by atoms with van der Waals surface area (Å²) in [5.41, 5.74) is 0. The van der Waals surface area contributed by atoms with Gasteiger partial charge in [0, 0.05) is 13.1 Å². The third kappa shape index (κ3) is 2.38. The zero-order valence-corrected chi connectivity index (χ0v) is 10.1. The van der Waals surface area contributed by atoms with Gasteiger partial charge >= 0.3 is 0 Å². The maximum atomic E-state index is 12.2. The second-order valence-electron chi connectivity index (χ2n) is 5.19. The zero-order valence-electron chi connectivity index (χ0n) is 10.1. The van der Waals surface area contributed by atoms with E-state index in [1.807, 2.05) is 18.7 Å². The number of rotatable bonds is 1. The van der Waals surface area contributed by atoms with E-state index in [-0.39, 0.29) is 30.0 Å². The molecule has 2 saturated heterocycles. The van der Waals surface area contributed by atoms with E-state index < -0.39 is 0 Å². The Balaban J connectivity index is 1.90. The summed E-state index contributed by atoms with van der Waals surface area (Å²) in [6.45, 7) is 5.95. The third-order valence-corrected chi connectivity index (χ3v) is 3.72. The third-order valence-electron chi connectivity index (χ3n) is 3.72. The van der Waals surface area contributed by atoms with Gasteiger partial charge in [0.2, 0.25) is 5.91 Å². The number of likely N-dealkylation sites (tertiary alicyclic amines) is 1. The fourth-order valence-corrected chi connectivity index (χ4v) is 2.58. The number of nitrogens with zero attached hydrogens (tertiary/aromatic N) is 1. The van der Waals surface area contributed by atoms with Gasteiger partial charge in [-0.15, -0.1) is 0 Å². The molecule has 16 heavy (non-hydrogen) atoms. The lowest BCUT2D eigenvalue weighted by molar-refractivity contribution is -0.139. The summed E-state index contributed by atoms with van der Waals surface area (Å²) in [6, 6.07) is 0. The molecule has 4 nitrogen and oxygen atoms in total. The lowest BCUT2D eigenvalue weighted by atomic mass is 9.95. The van der Waals surface area contributed by atoms with Crippen molar-refractivity contribution in [1.82, 2.24) is 4.90 Å². The Hall–Kier alpha value is -0.610. The maximum Gasteiger partial charge on any atom is 0.228 e. The molecule has 0 radical (unpaired) electrons. The topological polar surface area (TPSA) is 49.8 Å². The van der Waals surface area contributed by atoms with Crippen LogP contribution in [0.1, 0.15) is 26.7 Å². The normalized spacial score (nSPS) is 40.1. The monoisotopic (exact) mass is 227 g/mol. The summed E-state index contributed by atoms with van der Waals surface area (Å²) >= 11 is 0. The zero-order chi connectivity index (χ0) is 11.7. The number of amides is 1. The number of hydrogen-bond acceptors (Lipinski definition) is 3. The van der Waals surface area contributed by atoms with Gasteiger partial charge in [-0.2, -0.15) is 0 Å². The fraction of sp³-hybridized carbons (Fsp3) is 0.917. The number of hydrogen-bond donors (Lipinski definition) is 1. The van der Waals surface area contributed by atoms with E-state index in [2.05, 4.69) is 0 Å². The van der Waals surface area contributed by atoms with E-state index in [1.165, 1.54) is 0 Å². The predicted molar refractivity (Wildman–Crippen MR) is 59.9 cm³/mol. The highest BCUT2D eigenvalue weighted by molar-refractivity contribution is 5.79. The molecule has 2 aliphatic heterocycles. The summed E-state index contributed by atoms with van der Waals surface area (Å²) in [5.74, 6) is 0.443. The standard InChI is InChI=1S/C12H21NO3/c1-8-6-13(4-3-11(8)14)12(15)10-5-9(2)16-7-10/h8-11,14H,3-7H2,1-2H3. The molecule has 2 rings (SSSR count). The molecule has 0 aromatic heterocycles. The average molecular weight is 227 g/mol. The minimum absolute atomic E-state index is 0.0393. The van der Waals surface area contributed by atoms with E-state index in [4.69, 9.17) is 4.74 Å². The highest BCUT2D eigenvalue weighted by Gasteiger charge is 2.34. The molecular formula is C12H21NO3. The fourth-order valence-electron chi connectivity index (χ4n) is 2.58. The maximum absolute atomic E-state index is 12.2. The highest BCUT2D eigenvalue weighted by atomic mass is 16.5. The van der Waals surface area contributed by atoms with Crippen molar-refractivity contribution in [1.29, 1.82) is 0 Å². The van der Waals surface area contributed by atoms with Crippen molar-refractivity contribution >= 4 is 5.91 Å². The van der Waals surface area contributed by atoms with Crippen LogP contribution < -0.4 is 0 Å². The molecule has 2 heterocycles. The van der Waals surface area contributed by atoms with Gasteiger partial charge in [0.05, 0.1) is 24.7 Å². The molecule has 2 aliphatic rings. The number of piperidine rings is 1. The molecule has 0 bridgehead atoms. The minimum atomic E-state index is -0.247. The van der Waals surface area contributed by atoms with Gasteiger partial charge in [-0.3, -0.25) is 4.79 Å². The van der Waals surface area contributed by atoms with Crippen molar-refractivity contribution in [3.05, 3.63) is 0 Å². The summed E-state index contributed by atoms with van der Waals surface area (Å²) in [7, 11) is 0. The van der Waals surface area contributed by atoms with Crippen molar-refractivity contribution in [2.45, 2.75) is 38.9 Å². The van der Waals surface area contributed by atoms with Gasteiger partial charge in [-0.25, -0.2) is 0 Å². The number of carbonyl (C=O) groups is 1. The molecule has 2 fully saturated rings. The van der Waals surface area contributed by atoms with E-state index in [1.54, 1.807) is 0 Å². The molecule has 1 N–H and O–H groups in total. The number of ether oxygens (including phenoxy) is 1. The number of aliphatic hydroxyl groups excluding tert-OH is 1. The van der Waals surface area contributed by atoms with Gasteiger partial charge in [-0.1, -0.05) is 6.92 Å². The first-order valence-electron chi connectivity index (χ1n) is 6.16. The predicted octanol–water partition coefficient (Wildman–Crippen LogP) is 0.641. The smallest absolute Gasteiger partial charge is 0.228 e. The van der Waals surface area contributed by atoms with Crippen LogP contribution in [0.25, 0.3) is 0 Å². The minimum Gasteiger partial charge on any atom is -0.393 e. The molecule has 0 aliphatic carbocycles. The van der Waals surface area contributed by atoms with Gasteiger partial charge in [0.1, 0.15) is 0 Å². The van der Waals surface area contributed by atoms with Gasteiger partial charge < -0.3 is 14.7 Å². The average Bonchev–Trinajstić information content (AvgIpc) is 2.68. The van der Waals surface area contributed by atoms with Crippen LogP contribution in [0, 0.1) is 11.8 Å². The first kappa shape index (κ1) is 11.9. The number of carbonyl (C=O) groups excluding carboxylic acids is 1. The van der Waals surface area contributed by atoms with Crippen LogP contribution >= 0.6 is 0 Å². The van der Waals surface area contributed by atoms with E-state index in [0.29, 0.717) is 26.1 Å². The molecule has 4 heteroatoms. The van der Waals surface area contributed by atoms with Crippen LogP contribution in [0.3, 0.4) is 0 Å². The molecule has 92 valence electrons. The second kappa shape index (κ2) is 4.72. The summed E-state index contributed by atoms with van der Waals surface area (Å²) < 4.78 is 5.43. The Morgan fingerprint density at radius 2 is 2.19 bits per heavy atom. The Kier molecular flexibility index (Phi) is 3.50. The van der Waals surface area contributed by atoms with Crippen molar-refractivity contribution in [3.63, 3.8) is 0 Å². The number of aliphatic hydroxyl groups is 1. The van der Waals surface area contributed by atoms with Crippen LogP contribution in [0.5, 0.6) is 0 Å². The largest absolute Gasteiger partial charge is 0.393 e. The second-order valence-corrected chi connectivity index (χ2v) is 5.19. The molecule has 4 unspecified atom stereocenters. The van der Waals surface area contributed by atoms with Crippen molar-refractivity contribution in [3.8, 4) is 0 Å². The van der Waals surface area contributed by atoms with E-state index in [9.17, 15) is 9.90 Å². The Labute approximate surface area is 96.6 Å². The lowest BCUT2D eigenvalue weighted by Crippen LogP contribution is -2.47. The summed E-state index contributed by atoms with van der Waals surface area (Å²) in [4.78, 5) is 14.1. The van der Waals surface area contributed by atoms with Crippen LogP contribution in [0.2, 0.25) is 0 Å². The molecule has 0 aromatic carbocycles. The Morgan fingerprint density at radius 1 is 1.44 bits per heavy atom. The van der Waals surface area contributed by atoms with Crippen molar-refractivity contribution in [2.24, 2.45) is 11.8 Å². The van der Waals surface area contributed by atoms with Gasteiger partial charge in [0.15, 0.2) is 0 Å². The van der Waals surface area contributed by atoms with Crippen LogP contribution in [0.15, 0.2) is 0 Å². The molecule has 1 amide bonds. The lowest BCUT2D eigenvalue weighted by Gasteiger charge is -2.35. The van der Waals surface area contributed by atoms with E-state index in [0.717, 1.165) is 6.42 Å². The van der Waals surface area contributed by atoms with Crippen LogP contribution in [-0.2, 0) is 9.53 Å². The van der Waals surface area contributed by atoms with E-state index >= 15 is 0 Å². The van der Waals surface area contributed by atoms with Crippen molar-refractivity contribution in [2.75, 3.05) is 19.7 Å². The van der Waals surface area contributed by atoms with Gasteiger partial charge in [-0.05, 0) is 25.7 Å². The highest BCUT2D eigenvalue weighted by Crippen LogP contribution is 2.24. The van der Waals surface area contributed by atoms with Crippen molar-refractivity contribution < 1.29 is 14.6 Å². The SMILES string of the molecule is CC1CC(C(=O)N2CCC(O)C(C)C2)CO1. The molecule has 4 atom stereocenters. The first-order valence-corrected chi connectivity index (χ1v) is 6.16. The quantitative estimate of drug-likeness (QED) is 0.715. The first-order chi connectivity index (χ1) is 7.58. The van der Waals surface area contributed by atoms with Crippen LogP contribution in [-0.4, -0.2) is 47.8 Å². The van der Waals surface area contributed by atoms with Crippen LogP contribution in [0.4, 0.5) is 0 Å². The Morgan fingerprint density at radius 3 is 2.75 bits per heavy atom. The summed E-state index contributed by atoms with van der Waals surface area (Å²) in [6.07, 6.45) is 1.51. The van der Waals surface area contributed by atoms with Gasteiger partial charge in [0.25, 0.3) is 0 Å². The summed E-state index contributed by atoms with van der Waals surface area (Å²) in [5, 5.41) is 9.62. The molecule has 0 aromatic rings. The Bertz CT molecular complexity index is 269. The molecule has 0 saturated carbocycles. The molecule has 0 spiro atoms.